The molecule has 1 heterocycles. The first-order chi connectivity index (χ1) is 10.2. The van der Waals surface area contributed by atoms with Gasteiger partial charge in [0, 0.05) is 23.5 Å². The summed E-state index contributed by atoms with van der Waals surface area (Å²) in [6, 6.07) is 16.2. The molecule has 0 saturated heterocycles. The Morgan fingerprint density at radius 2 is 1.74 bits per heavy atom. The molecule has 4 nitrogen and oxygen atoms in total. The number of carbonyl (C=O) groups is 1. The lowest BCUT2D eigenvalue weighted by Gasteiger charge is -2.13. The first-order valence-electron chi connectivity index (χ1n) is 6.69. The van der Waals surface area contributed by atoms with Crippen molar-refractivity contribution in [2.24, 2.45) is 5.73 Å². The number of nitrogens with one attached hydrogen (secondary N) is 1. The summed E-state index contributed by atoms with van der Waals surface area (Å²) in [5.41, 5.74) is 7.50. The highest BCUT2D eigenvalue weighted by Crippen LogP contribution is 2.19. The number of pyridine rings is 1. The number of fused-ring (bicyclic) bond motifs is 1. The Kier molecular flexibility index (Phi) is 6.97. The Morgan fingerprint density at radius 1 is 1.00 bits per heavy atom. The summed E-state index contributed by atoms with van der Waals surface area (Å²) in [6.45, 7) is 0. The number of halogens is 2. The van der Waals surface area contributed by atoms with Crippen molar-refractivity contribution in [2.45, 2.75) is 6.04 Å². The van der Waals surface area contributed by atoms with Gasteiger partial charge in [-0.2, -0.15) is 0 Å². The van der Waals surface area contributed by atoms with Gasteiger partial charge in [0.1, 0.15) is 6.04 Å². The monoisotopic (exact) mass is 349 g/mol. The molecule has 23 heavy (non-hydrogen) atoms. The number of nitrogens with two attached hydrogens (primary N) is 1. The van der Waals surface area contributed by atoms with Gasteiger partial charge in [-0.1, -0.05) is 36.4 Å². The molecule has 120 valence electrons. The van der Waals surface area contributed by atoms with Gasteiger partial charge >= 0.3 is 0 Å². The number of amides is 1. The molecule has 1 amide bonds. The quantitative estimate of drug-likeness (QED) is 0.757. The van der Waals surface area contributed by atoms with Gasteiger partial charge < -0.3 is 11.1 Å². The lowest BCUT2D eigenvalue weighted by Crippen LogP contribution is -2.27. The standard InChI is InChI=1S/C17H15N3O.2ClH/c18-16(12-4-2-1-3-5-12)17(21)20-15-7-6-14-11-19-9-8-13(14)10-15;;/h1-11,16H,18H2,(H,20,21);2*1H. The van der Waals surface area contributed by atoms with E-state index in [0.29, 0.717) is 0 Å². The number of anilines is 1. The molecule has 0 aliphatic heterocycles. The molecule has 3 aromatic rings. The lowest BCUT2D eigenvalue weighted by molar-refractivity contribution is -0.117. The van der Waals surface area contributed by atoms with Gasteiger partial charge in [-0.25, -0.2) is 0 Å². The molecule has 0 aliphatic rings. The second-order valence-electron chi connectivity index (χ2n) is 4.82. The van der Waals surface area contributed by atoms with Gasteiger partial charge in [0.25, 0.3) is 0 Å². The predicted octanol–water partition coefficient (Wildman–Crippen LogP) is 3.72. The average molecular weight is 350 g/mol. The van der Waals surface area contributed by atoms with Crippen LogP contribution < -0.4 is 11.1 Å². The molecule has 1 aromatic heterocycles. The summed E-state index contributed by atoms with van der Waals surface area (Å²) in [4.78, 5) is 16.3. The molecule has 1 unspecified atom stereocenters. The fourth-order valence-corrected chi connectivity index (χ4v) is 2.19. The van der Waals surface area contributed by atoms with Crippen LogP contribution in [0.4, 0.5) is 5.69 Å². The van der Waals surface area contributed by atoms with Gasteiger partial charge in [0.15, 0.2) is 0 Å². The molecule has 6 heteroatoms. The summed E-state index contributed by atoms with van der Waals surface area (Å²) < 4.78 is 0. The number of hydrogen-bond donors (Lipinski definition) is 2. The number of rotatable bonds is 3. The second-order valence-corrected chi connectivity index (χ2v) is 4.82. The van der Waals surface area contributed by atoms with Gasteiger partial charge in [-0.3, -0.25) is 9.78 Å². The van der Waals surface area contributed by atoms with E-state index in [1.165, 1.54) is 0 Å². The van der Waals surface area contributed by atoms with Gasteiger partial charge in [0.2, 0.25) is 5.91 Å². The Balaban J connectivity index is 0.00000132. The van der Waals surface area contributed by atoms with E-state index in [4.69, 9.17) is 5.73 Å². The Hall–Kier alpha value is -2.14. The van der Waals surface area contributed by atoms with E-state index in [2.05, 4.69) is 10.3 Å². The molecule has 2 aromatic carbocycles. The van der Waals surface area contributed by atoms with Gasteiger partial charge in [-0.15, -0.1) is 24.8 Å². The van der Waals surface area contributed by atoms with Crippen molar-refractivity contribution in [1.29, 1.82) is 0 Å². The van der Waals surface area contributed by atoms with Crippen LogP contribution in [0.25, 0.3) is 10.8 Å². The van der Waals surface area contributed by atoms with Crippen molar-refractivity contribution in [3.8, 4) is 0 Å². The number of hydrogen-bond acceptors (Lipinski definition) is 3. The number of nitrogens with zero attached hydrogens (tertiary/aromatic N) is 1. The summed E-state index contributed by atoms with van der Waals surface area (Å²) in [6.07, 6.45) is 3.51. The van der Waals surface area contributed by atoms with Crippen LogP contribution in [0, 0.1) is 0 Å². The lowest BCUT2D eigenvalue weighted by atomic mass is 10.1. The molecular weight excluding hydrogens is 333 g/mol. The van der Waals surface area contributed by atoms with Crippen molar-refractivity contribution in [3.63, 3.8) is 0 Å². The Bertz CT molecular complexity index is 781. The minimum atomic E-state index is -0.681. The minimum Gasteiger partial charge on any atom is -0.324 e. The summed E-state index contributed by atoms with van der Waals surface area (Å²) in [7, 11) is 0. The summed E-state index contributed by atoms with van der Waals surface area (Å²) in [5.74, 6) is -0.227. The van der Waals surface area contributed by atoms with E-state index in [0.717, 1.165) is 22.0 Å². The van der Waals surface area contributed by atoms with Crippen LogP contribution in [0.5, 0.6) is 0 Å². The molecule has 0 fully saturated rings. The van der Waals surface area contributed by atoms with E-state index in [1.807, 2.05) is 54.6 Å². The highest BCUT2D eigenvalue weighted by molar-refractivity contribution is 5.97. The maximum Gasteiger partial charge on any atom is 0.245 e. The van der Waals surface area contributed by atoms with Crippen LogP contribution in [0.15, 0.2) is 67.0 Å². The Labute approximate surface area is 146 Å². The van der Waals surface area contributed by atoms with E-state index in [9.17, 15) is 4.79 Å². The molecule has 0 saturated carbocycles. The number of aromatic nitrogens is 1. The average Bonchev–Trinajstić information content (AvgIpc) is 2.55. The zero-order valence-corrected chi connectivity index (χ0v) is 13.8. The third-order valence-corrected chi connectivity index (χ3v) is 3.35. The normalized spacial score (nSPS) is 11.0. The van der Waals surface area contributed by atoms with Gasteiger partial charge in [-0.05, 0) is 29.1 Å². The molecule has 3 N–H and O–H groups in total. The van der Waals surface area contributed by atoms with Crippen LogP contribution in [0.2, 0.25) is 0 Å². The fraction of sp³-hybridized carbons (Fsp3) is 0.0588. The topological polar surface area (TPSA) is 68.0 Å². The number of carbonyl (C=O) groups excluding carboxylic acids is 1. The minimum absolute atomic E-state index is 0. The first kappa shape index (κ1) is 18.9. The van der Waals surface area contributed by atoms with Crippen LogP contribution >= 0.6 is 24.8 Å². The molecule has 0 spiro atoms. The maximum absolute atomic E-state index is 12.2. The van der Waals surface area contributed by atoms with Crippen molar-refractivity contribution in [2.75, 3.05) is 5.32 Å². The van der Waals surface area contributed by atoms with Crippen molar-refractivity contribution >= 4 is 47.2 Å². The van der Waals surface area contributed by atoms with E-state index < -0.39 is 6.04 Å². The van der Waals surface area contributed by atoms with Crippen LogP contribution in [-0.4, -0.2) is 10.9 Å². The zero-order chi connectivity index (χ0) is 14.7. The highest BCUT2D eigenvalue weighted by atomic mass is 35.5. The van der Waals surface area contributed by atoms with E-state index in [-0.39, 0.29) is 30.7 Å². The molecule has 3 rings (SSSR count). The summed E-state index contributed by atoms with van der Waals surface area (Å²) in [5, 5.41) is 4.90. The number of benzene rings is 2. The van der Waals surface area contributed by atoms with Crippen molar-refractivity contribution in [3.05, 3.63) is 72.6 Å². The predicted molar refractivity (Wildman–Crippen MR) is 98.2 cm³/mol. The van der Waals surface area contributed by atoms with Crippen LogP contribution in [0.3, 0.4) is 0 Å². The second kappa shape index (κ2) is 8.48. The largest absolute Gasteiger partial charge is 0.324 e. The molecule has 1 atom stereocenters. The molecule has 0 aliphatic carbocycles. The zero-order valence-electron chi connectivity index (χ0n) is 12.2. The fourth-order valence-electron chi connectivity index (χ4n) is 2.19. The summed E-state index contributed by atoms with van der Waals surface area (Å²) >= 11 is 0. The van der Waals surface area contributed by atoms with Gasteiger partial charge in [0.05, 0.1) is 0 Å². The highest BCUT2D eigenvalue weighted by Gasteiger charge is 2.15. The van der Waals surface area contributed by atoms with E-state index in [1.54, 1.807) is 12.4 Å². The molecular formula is C17H17Cl2N3O. The van der Waals surface area contributed by atoms with Crippen LogP contribution in [-0.2, 0) is 4.79 Å². The van der Waals surface area contributed by atoms with Crippen LogP contribution in [0.1, 0.15) is 11.6 Å². The third kappa shape index (κ3) is 4.42. The Morgan fingerprint density at radius 3 is 2.48 bits per heavy atom. The smallest absolute Gasteiger partial charge is 0.245 e. The van der Waals surface area contributed by atoms with Crippen molar-refractivity contribution < 1.29 is 4.79 Å². The SMILES string of the molecule is Cl.Cl.NC(C(=O)Nc1ccc2cnccc2c1)c1ccccc1. The maximum atomic E-state index is 12.2. The van der Waals surface area contributed by atoms with E-state index >= 15 is 0 Å². The van der Waals surface area contributed by atoms with Crippen molar-refractivity contribution in [1.82, 2.24) is 4.98 Å². The molecule has 0 radical (unpaired) electrons. The third-order valence-electron chi connectivity index (χ3n) is 3.35. The first-order valence-corrected chi connectivity index (χ1v) is 6.69. The molecule has 0 bridgehead atoms.